The number of H-pyrrole nitrogens is 1. The largest absolute Gasteiger partial charge is 0.296 e. The van der Waals surface area contributed by atoms with Crippen LogP contribution in [-0.4, -0.2) is 14.8 Å². The molecule has 0 aliphatic rings. The number of aromatic amines is 1. The van der Waals surface area contributed by atoms with Crippen LogP contribution in [0.5, 0.6) is 0 Å². The van der Waals surface area contributed by atoms with Crippen LogP contribution in [0.15, 0.2) is 30.4 Å². The highest BCUT2D eigenvalue weighted by atomic mass is 35.5. The molecule has 0 saturated heterocycles. The molecule has 0 radical (unpaired) electrons. The molecule has 0 bridgehead atoms. The van der Waals surface area contributed by atoms with Crippen LogP contribution in [0.2, 0.25) is 10.0 Å². The molecule has 0 spiro atoms. The van der Waals surface area contributed by atoms with Crippen molar-refractivity contribution in [2.45, 2.75) is 13.5 Å². The summed E-state index contributed by atoms with van der Waals surface area (Å²) in [5, 5.41) is 8.10. The fourth-order valence-corrected chi connectivity index (χ4v) is 2.30. The van der Waals surface area contributed by atoms with E-state index >= 15 is 0 Å². The SMILES string of the molecule is C=C(C)Cn1c(-c2ccc(Cl)cc2Cl)n[nH]c1=S. The second-order valence-electron chi connectivity index (χ2n) is 4.02. The molecule has 18 heavy (non-hydrogen) atoms. The van der Waals surface area contributed by atoms with Gasteiger partial charge >= 0.3 is 0 Å². The Kier molecular flexibility index (Phi) is 3.90. The highest BCUT2D eigenvalue weighted by Crippen LogP contribution is 2.29. The molecule has 94 valence electrons. The van der Waals surface area contributed by atoms with E-state index in [1.54, 1.807) is 12.1 Å². The molecule has 1 N–H and O–H groups in total. The molecule has 1 aromatic carbocycles. The summed E-state index contributed by atoms with van der Waals surface area (Å²) in [7, 11) is 0. The maximum absolute atomic E-state index is 6.17. The summed E-state index contributed by atoms with van der Waals surface area (Å²) in [4.78, 5) is 0. The number of rotatable bonds is 3. The van der Waals surface area contributed by atoms with Gasteiger partial charge in [-0.05, 0) is 37.3 Å². The number of aromatic nitrogens is 3. The molecule has 3 nitrogen and oxygen atoms in total. The topological polar surface area (TPSA) is 33.6 Å². The summed E-state index contributed by atoms with van der Waals surface area (Å²) < 4.78 is 2.39. The molecule has 0 fully saturated rings. The Balaban J connectivity index is 2.57. The smallest absolute Gasteiger partial charge is 0.195 e. The molecular formula is C12H11Cl2N3S. The molecule has 1 aromatic heterocycles. The van der Waals surface area contributed by atoms with E-state index in [1.807, 2.05) is 17.6 Å². The van der Waals surface area contributed by atoms with Gasteiger partial charge in [0.15, 0.2) is 10.6 Å². The van der Waals surface area contributed by atoms with Gasteiger partial charge in [0.1, 0.15) is 0 Å². The monoisotopic (exact) mass is 299 g/mol. The van der Waals surface area contributed by atoms with Crippen LogP contribution in [0.1, 0.15) is 6.92 Å². The summed E-state index contributed by atoms with van der Waals surface area (Å²) in [6, 6.07) is 5.28. The van der Waals surface area contributed by atoms with Crippen molar-refractivity contribution in [2.24, 2.45) is 0 Å². The Morgan fingerprint density at radius 1 is 1.50 bits per heavy atom. The van der Waals surface area contributed by atoms with Crippen LogP contribution in [0.3, 0.4) is 0 Å². The number of nitrogens with zero attached hydrogens (tertiary/aromatic N) is 2. The van der Waals surface area contributed by atoms with E-state index in [0.29, 0.717) is 27.2 Å². The van der Waals surface area contributed by atoms with Gasteiger partial charge < -0.3 is 0 Å². The average molecular weight is 300 g/mol. The molecule has 1 heterocycles. The summed E-state index contributed by atoms with van der Waals surface area (Å²) in [6.45, 7) is 6.41. The fourth-order valence-electron chi connectivity index (χ4n) is 1.61. The first-order chi connectivity index (χ1) is 8.49. The minimum Gasteiger partial charge on any atom is -0.296 e. The van der Waals surface area contributed by atoms with Crippen LogP contribution < -0.4 is 0 Å². The third-order valence-corrected chi connectivity index (χ3v) is 3.22. The molecule has 0 aliphatic heterocycles. The van der Waals surface area contributed by atoms with Crippen molar-refractivity contribution >= 4 is 35.4 Å². The molecule has 0 amide bonds. The van der Waals surface area contributed by atoms with Crippen molar-refractivity contribution in [3.63, 3.8) is 0 Å². The zero-order valence-electron chi connectivity index (χ0n) is 9.70. The minimum absolute atomic E-state index is 0.541. The first kappa shape index (κ1) is 13.3. The number of allylic oxidation sites excluding steroid dienone is 1. The average Bonchev–Trinajstić information content (AvgIpc) is 2.60. The van der Waals surface area contributed by atoms with E-state index in [1.165, 1.54) is 0 Å². The van der Waals surface area contributed by atoms with E-state index in [0.717, 1.165) is 11.1 Å². The van der Waals surface area contributed by atoms with Gasteiger partial charge in [0.25, 0.3) is 0 Å². The fraction of sp³-hybridized carbons (Fsp3) is 0.167. The van der Waals surface area contributed by atoms with Crippen LogP contribution in [0.4, 0.5) is 0 Å². The number of benzene rings is 1. The predicted molar refractivity (Wildman–Crippen MR) is 77.7 cm³/mol. The summed E-state index contributed by atoms with van der Waals surface area (Å²) in [6.07, 6.45) is 0. The number of hydrogen-bond acceptors (Lipinski definition) is 2. The Morgan fingerprint density at radius 3 is 2.83 bits per heavy atom. The van der Waals surface area contributed by atoms with Crippen molar-refractivity contribution in [2.75, 3.05) is 0 Å². The van der Waals surface area contributed by atoms with Crippen molar-refractivity contribution in [3.05, 3.63) is 45.2 Å². The van der Waals surface area contributed by atoms with Crippen molar-refractivity contribution in [3.8, 4) is 11.4 Å². The lowest BCUT2D eigenvalue weighted by Gasteiger charge is -2.08. The van der Waals surface area contributed by atoms with E-state index in [9.17, 15) is 0 Å². The molecular weight excluding hydrogens is 289 g/mol. The molecule has 0 aliphatic carbocycles. The van der Waals surface area contributed by atoms with Gasteiger partial charge in [-0.25, -0.2) is 0 Å². The summed E-state index contributed by atoms with van der Waals surface area (Å²) >= 11 is 17.2. The Bertz CT molecular complexity index is 658. The Hall–Kier alpha value is -1.10. The highest BCUT2D eigenvalue weighted by Gasteiger charge is 2.12. The van der Waals surface area contributed by atoms with E-state index in [2.05, 4.69) is 16.8 Å². The minimum atomic E-state index is 0.541. The molecule has 2 rings (SSSR count). The molecule has 0 unspecified atom stereocenters. The van der Waals surface area contributed by atoms with Crippen LogP contribution in [0, 0.1) is 4.77 Å². The van der Waals surface area contributed by atoms with Gasteiger partial charge in [-0.3, -0.25) is 9.67 Å². The van der Waals surface area contributed by atoms with Gasteiger partial charge in [0, 0.05) is 17.1 Å². The quantitative estimate of drug-likeness (QED) is 0.669. The first-order valence-corrected chi connectivity index (χ1v) is 6.40. The standard InChI is InChI=1S/C12H11Cl2N3S/c1-7(2)6-17-11(15-16-12(17)18)9-4-3-8(13)5-10(9)14/h3-5H,1,6H2,2H3,(H,16,18). The molecule has 6 heteroatoms. The second-order valence-corrected chi connectivity index (χ2v) is 5.25. The highest BCUT2D eigenvalue weighted by molar-refractivity contribution is 7.71. The van der Waals surface area contributed by atoms with Gasteiger partial charge in [0.05, 0.1) is 5.02 Å². The lowest BCUT2D eigenvalue weighted by molar-refractivity contribution is 0.778. The van der Waals surface area contributed by atoms with E-state index in [4.69, 9.17) is 35.4 Å². The predicted octanol–water partition coefficient (Wildman–Crippen LogP) is 4.49. The second kappa shape index (κ2) is 5.26. The van der Waals surface area contributed by atoms with Crippen molar-refractivity contribution in [1.82, 2.24) is 14.8 Å². The van der Waals surface area contributed by atoms with Crippen molar-refractivity contribution in [1.29, 1.82) is 0 Å². The molecule has 2 aromatic rings. The number of halogens is 2. The summed E-state index contributed by atoms with van der Waals surface area (Å²) in [5.41, 5.74) is 1.77. The van der Waals surface area contributed by atoms with Crippen LogP contribution in [0.25, 0.3) is 11.4 Å². The summed E-state index contributed by atoms with van der Waals surface area (Å²) in [5.74, 6) is 0.685. The third kappa shape index (κ3) is 2.66. The molecule has 0 saturated carbocycles. The van der Waals surface area contributed by atoms with E-state index < -0.39 is 0 Å². The lowest BCUT2D eigenvalue weighted by atomic mass is 10.2. The zero-order valence-corrected chi connectivity index (χ0v) is 12.0. The Labute approximate surface area is 120 Å². The number of hydrogen-bond donors (Lipinski definition) is 1. The van der Waals surface area contributed by atoms with Crippen LogP contribution >= 0.6 is 35.4 Å². The normalized spacial score (nSPS) is 10.6. The maximum Gasteiger partial charge on any atom is 0.195 e. The first-order valence-electron chi connectivity index (χ1n) is 5.24. The lowest BCUT2D eigenvalue weighted by Crippen LogP contribution is -2.01. The van der Waals surface area contributed by atoms with Crippen molar-refractivity contribution < 1.29 is 0 Å². The molecule has 0 atom stereocenters. The Morgan fingerprint density at radius 2 is 2.22 bits per heavy atom. The zero-order chi connectivity index (χ0) is 13.3. The third-order valence-electron chi connectivity index (χ3n) is 2.36. The van der Waals surface area contributed by atoms with Gasteiger partial charge in [-0.15, -0.1) is 0 Å². The maximum atomic E-state index is 6.17. The van der Waals surface area contributed by atoms with Gasteiger partial charge in [0.2, 0.25) is 0 Å². The number of nitrogens with one attached hydrogen (secondary N) is 1. The van der Waals surface area contributed by atoms with Gasteiger partial charge in [-0.2, -0.15) is 5.10 Å². The van der Waals surface area contributed by atoms with Gasteiger partial charge in [-0.1, -0.05) is 35.4 Å². The van der Waals surface area contributed by atoms with E-state index in [-0.39, 0.29) is 0 Å². The van der Waals surface area contributed by atoms with Crippen LogP contribution in [-0.2, 0) is 6.54 Å².